The highest BCUT2D eigenvalue weighted by molar-refractivity contribution is 5.48. The van der Waals surface area contributed by atoms with Crippen molar-refractivity contribution in [2.24, 2.45) is 11.1 Å². The van der Waals surface area contributed by atoms with Gasteiger partial charge >= 0.3 is 0 Å². The first-order valence-electron chi connectivity index (χ1n) is 6.77. The minimum atomic E-state index is 0.132. The van der Waals surface area contributed by atoms with E-state index in [2.05, 4.69) is 26.8 Å². The van der Waals surface area contributed by atoms with Gasteiger partial charge in [-0.05, 0) is 48.9 Å². The number of methoxy groups -OCH3 is 2. The van der Waals surface area contributed by atoms with Gasteiger partial charge < -0.3 is 15.2 Å². The van der Waals surface area contributed by atoms with Crippen molar-refractivity contribution in [3.8, 4) is 11.5 Å². The van der Waals surface area contributed by atoms with Crippen LogP contribution in [0.25, 0.3) is 0 Å². The van der Waals surface area contributed by atoms with Gasteiger partial charge in [0, 0.05) is 5.56 Å². The second kappa shape index (κ2) is 6.29. The maximum absolute atomic E-state index is 5.78. The Hall–Kier alpha value is -1.22. The van der Waals surface area contributed by atoms with E-state index in [0.717, 1.165) is 23.5 Å². The van der Waals surface area contributed by atoms with Crippen molar-refractivity contribution in [3.05, 3.63) is 23.3 Å². The summed E-state index contributed by atoms with van der Waals surface area (Å²) in [6, 6.07) is 4.14. The van der Waals surface area contributed by atoms with Crippen molar-refractivity contribution in [3.63, 3.8) is 0 Å². The van der Waals surface area contributed by atoms with Crippen LogP contribution in [0.5, 0.6) is 11.5 Å². The molecule has 19 heavy (non-hydrogen) atoms. The number of benzene rings is 1. The monoisotopic (exact) mass is 265 g/mol. The molecule has 0 heterocycles. The van der Waals surface area contributed by atoms with E-state index in [-0.39, 0.29) is 5.41 Å². The Morgan fingerprint density at radius 1 is 1.11 bits per heavy atom. The Morgan fingerprint density at radius 2 is 1.68 bits per heavy atom. The summed E-state index contributed by atoms with van der Waals surface area (Å²) < 4.78 is 11.0. The molecule has 0 bridgehead atoms. The van der Waals surface area contributed by atoms with Crippen molar-refractivity contribution in [2.75, 3.05) is 20.8 Å². The van der Waals surface area contributed by atoms with Crippen molar-refractivity contribution < 1.29 is 9.47 Å². The Bertz CT molecular complexity index is 421. The van der Waals surface area contributed by atoms with Crippen molar-refractivity contribution >= 4 is 0 Å². The van der Waals surface area contributed by atoms with E-state index >= 15 is 0 Å². The minimum Gasteiger partial charge on any atom is -0.496 e. The van der Waals surface area contributed by atoms with Crippen LogP contribution >= 0.6 is 0 Å². The van der Waals surface area contributed by atoms with Crippen LogP contribution in [0.3, 0.4) is 0 Å². The SMILES string of the molecule is COc1cc(C(CCN)C(C)(C)C)c(OC)cc1C. The van der Waals surface area contributed by atoms with Gasteiger partial charge in [-0.1, -0.05) is 20.8 Å². The van der Waals surface area contributed by atoms with Crippen molar-refractivity contribution in [1.82, 2.24) is 0 Å². The molecule has 0 aliphatic carbocycles. The third kappa shape index (κ3) is 3.63. The summed E-state index contributed by atoms with van der Waals surface area (Å²) >= 11 is 0. The van der Waals surface area contributed by atoms with Crippen LogP contribution in [-0.4, -0.2) is 20.8 Å². The number of nitrogens with two attached hydrogens (primary N) is 1. The fraction of sp³-hybridized carbons (Fsp3) is 0.625. The Kier molecular flexibility index (Phi) is 5.24. The van der Waals surface area contributed by atoms with Crippen LogP contribution in [-0.2, 0) is 0 Å². The van der Waals surface area contributed by atoms with E-state index in [4.69, 9.17) is 15.2 Å². The largest absolute Gasteiger partial charge is 0.496 e. The normalized spacial score (nSPS) is 13.2. The second-order valence-corrected chi connectivity index (χ2v) is 6.06. The van der Waals surface area contributed by atoms with Crippen LogP contribution in [0.15, 0.2) is 12.1 Å². The van der Waals surface area contributed by atoms with E-state index in [1.54, 1.807) is 14.2 Å². The summed E-state index contributed by atoms with van der Waals surface area (Å²) in [4.78, 5) is 0. The third-order valence-corrected chi connectivity index (χ3v) is 3.62. The molecule has 3 nitrogen and oxygen atoms in total. The summed E-state index contributed by atoms with van der Waals surface area (Å²) in [5.74, 6) is 2.18. The molecule has 0 amide bonds. The predicted octanol–water partition coefficient (Wildman–Crippen LogP) is 3.49. The molecular weight excluding hydrogens is 238 g/mol. The summed E-state index contributed by atoms with van der Waals surface area (Å²) in [5.41, 5.74) is 8.19. The Morgan fingerprint density at radius 3 is 2.11 bits per heavy atom. The molecular formula is C16H27NO2. The molecule has 1 atom stereocenters. The molecule has 0 radical (unpaired) electrons. The first-order chi connectivity index (χ1) is 8.85. The molecule has 0 saturated heterocycles. The van der Waals surface area contributed by atoms with Crippen molar-refractivity contribution in [2.45, 2.75) is 40.0 Å². The molecule has 1 rings (SSSR count). The molecule has 0 spiro atoms. The fourth-order valence-electron chi connectivity index (χ4n) is 2.57. The van der Waals surface area contributed by atoms with Gasteiger partial charge in [-0.2, -0.15) is 0 Å². The lowest BCUT2D eigenvalue weighted by molar-refractivity contribution is 0.295. The molecule has 2 N–H and O–H groups in total. The summed E-state index contributed by atoms with van der Waals surface area (Å²) in [6.07, 6.45) is 0.937. The molecule has 0 saturated carbocycles. The van der Waals surface area contributed by atoms with Gasteiger partial charge in [0.05, 0.1) is 14.2 Å². The molecule has 0 aliphatic heterocycles. The van der Waals surface area contributed by atoms with Crippen molar-refractivity contribution in [1.29, 1.82) is 0 Å². The lowest BCUT2D eigenvalue weighted by Crippen LogP contribution is -2.22. The summed E-state index contributed by atoms with van der Waals surface area (Å²) in [5, 5.41) is 0. The smallest absolute Gasteiger partial charge is 0.122 e. The molecule has 0 aliphatic rings. The lowest BCUT2D eigenvalue weighted by atomic mass is 9.74. The summed E-state index contributed by atoms with van der Waals surface area (Å²) in [6.45, 7) is 9.40. The van der Waals surface area contributed by atoms with Crippen LogP contribution in [0.4, 0.5) is 0 Å². The van der Waals surface area contributed by atoms with Crippen LogP contribution in [0.1, 0.15) is 44.2 Å². The first-order valence-corrected chi connectivity index (χ1v) is 6.77. The Labute approximate surface area is 117 Å². The number of hydrogen-bond donors (Lipinski definition) is 1. The highest BCUT2D eigenvalue weighted by Crippen LogP contribution is 2.43. The molecule has 0 fully saturated rings. The molecule has 0 aromatic heterocycles. The maximum atomic E-state index is 5.78. The first kappa shape index (κ1) is 15.8. The molecule has 1 aromatic rings. The van der Waals surface area contributed by atoms with Gasteiger partial charge in [-0.3, -0.25) is 0 Å². The zero-order chi connectivity index (χ0) is 14.6. The minimum absolute atomic E-state index is 0.132. The molecule has 1 unspecified atom stereocenters. The van der Waals surface area contributed by atoms with E-state index in [9.17, 15) is 0 Å². The van der Waals surface area contributed by atoms with Gasteiger partial charge in [0.25, 0.3) is 0 Å². The maximum Gasteiger partial charge on any atom is 0.122 e. The Balaban J connectivity index is 3.35. The third-order valence-electron chi connectivity index (χ3n) is 3.62. The fourth-order valence-corrected chi connectivity index (χ4v) is 2.57. The zero-order valence-electron chi connectivity index (χ0n) is 13.0. The quantitative estimate of drug-likeness (QED) is 0.886. The number of aryl methyl sites for hydroxylation is 1. The second-order valence-electron chi connectivity index (χ2n) is 6.06. The predicted molar refractivity (Wildman–Crippen MR) is 80.2 cm³/mol. The highest BCUT2D eigenvalue weighted by Gasteiger charge is 2.28. The van der Waals surface area contributed by atoms with Gasteiger partial charge in [0.15, 0.2) is 0 Å². The van der Waals surface area contributed by atoms with E-state index < -0.39 is 0 Å². The van der Waals surface area contributed by atoms with Gasteiger partial charge in [0.1, 0.15) is 11.5 Å². The zero-order valence-corrected chi connectivity index (χ0v) is 13.0. The van der Waals surface area contributed by atoms with Crippen LogP contribution < -0.4 is 15.2 Å². The lowest BCUT2D eigenvalue weighted by Gasteiger charge is -2.32. The average molecular weight is 265 g/mol. The van der Waals surface area contributed by atoms with Crippen LogP contribution in [0.2, 0.25) is 0 Å². The molecule has 3 heteroatoms. The van der Waals surface area contributed by atoms with E-state index in [1.807, 2.05) is 13.0 Å². The molecule has 108 valence electrons. The van der Waals surface area contributed by atoms with Gasteiger partial charge in [-0.15, -0.1) is 0 Å². The standard InChI is InChI=1S/C16H27NO2/c1-11-9-15(19-6)12(10-14(11)18-5)13(7-8-17)16(2,3)4/h9-10,13H,7-8,17H2,1-6H3. The number of hydrogen-bond acceptors (Lipinski definition) is 3. The number of rotatable bonds is 5. The number of ether oxygens (including phenoxy) is 2. The average Bonchev–Trinajstić information content (AvgIpc) is 2.34. The van der Waals surface area contributed by atoms with Gasteiger partial charge in [-0.25, -0.2) is 0 Å². The topological polar surface area (TPSA) is 44.5 Å². The molecule has 1 aromatic carbocycles. The highest BCUT2D eigenvalue weighted by atomic mass is 16.5. The summed E-state index contributed by atoms with van der Waals surface area (Å²) in [7, 11) is 3.42. The van der Waals surface area contributed by atoms with Crippen LogP contribution in [0, 0.1) is 12.3 Å². The van der Waals surface area contributed by atoms with E-state index in [0.29, 0.717) is 12.5 Å². The van der Waals surface area contributed by atoms with E-state index in [1.165, 1.54) is 5.56 Å². The van der Waals surface area contributed by atoms with Gasteiger partial charge in [0.2, 0.25) is 0 Å².